The number of hydrogen-bond acceptors (Lipinski definition) is 3. The molecule has 1 saturated carbocycles. The second kappa shape index (κ2) is 5.57. The van der Waals surface area contributed by atoms with Gasteiger partial charge >= 0.3 is 0 Å². The molecule has 1 amide bonds. The normalized spacial score (nSPS) is 36.1. The number of rotatable bonds is 2. The van der Waals surface area contributed by atoms with Gasteiger partial charge in [0.1, 0.15) is 0 Å². The van der Waals surface area contributed by atoms with E-state index >= 15 is 0 Å². The second-order valence-electron chi connectivity index (χ2n) is 6.25. The molecule has 2 aliphatic rings. The van der Waals surface area contributed by atoms with E-state index in [4.69, 9.17) is 10.5 Å². The van der Waals surface area contributed by atoms with Crippen molar-refractivity contribution in [1.82, 2.24) is 5.32 Å². The number of nitrogens with one attached hydrogen (secondary N) is 1. The lowest BCUT2D eigenvalue weighted by Gasteiger charge is -2.38. The van der Waals surface area contributed by atoms with Crippen LogP contribution in [0.1, 0.15) is 46.0 Å². The fourth-order valence-corrected chi connectivity index (χ4v) is 3.08. The van der Waals surface area contributed by atoms with Crippen LogP contribution in [0.5, 0.6) is 0 Å². The third-order valence-electron chi connectivity index (χ3n) is 4.65. The van der Waals surface area contributed by atoms with Gasteiger partial charge in [0.25, 0.3) is 0 Å². The average molecular weight is 254 g/mol. The number of amides is 1. The second-order valence-corrected chi connectivity index (χ2v) is 6.25. The van der Waals surface area contributed by atoms with Crippen molar-refractivity contribution < 1.29 is 9.53 Å². The third kappa shape index (κ3) is 3.04. The maximum Gasteiger partial charge on any atom is 0.225 e. The smallest absolute Gasteiger partial charge is 0.225 e. The summed E-state index contributed by atoms with van der Waals surface area (Å²) < 4.78 is 5.35. The van der Waals surface area contributed by atoms with Gasteiger partial charge in [-0.25, -0.2) is 0 Å². The highest BCUT2D eigenvalue weighted by Crippen LogP contribution is 2.29. The van der Waals surface area contributed by atoms with Gasteiger partial charge in [0.05, 0.1) is 5.92 Å². The summed E-state index contributed by atoms with van der Waals surface area (Å²) in [5, 5.41) is 3.22. The van der Waals surface area contributed by atoms with Crippen LogP contribution in [-0.4, -0.2) is 30.7 Å². The van der Waals surface area contributed by atoms with Gasteiger partial charge in [0, 0.05) is 24.8 Å². The molecule has 2 fully saturated rings. The summed E-state index contributed by atoms with van der Waals surface area (Å²) in [5.74, 6) is 0.601. The Labute approximate surface area is 110 Å². The summed E-state index contributed by atoms with van der Waals surface area (Å²) in [6.45, 7) is 5.75. The van der Waals surface area contributed by atoms with E-state index in [0.29, 0.717) is 5.92 Å². The Morgan fingerprint density at radius 3 is 2.67 bits per heavy atom. The van der Waals surface area contributed by atoms with Gasteiger partial charge in [-0.2, -0.15) is 0 Å². The van der Waals surface area contributed by atoms with Gasteiger partial charge in [-0.1, -0.05) is 13.3 Å². The molecule has 0 spiro atoms. The Morgan fingerprint density at radius 2 is 2.00 bits per heavy atom. The minimum Gasteiger partial charge on any atom is -0.381 e. The summed E-state index contributed by atoms with van der Waals surface area (Å²) in [4.78, 5) is 12.4. The molecule has 18 heavy (non-hydrogen) atoms. The zero-order valence-electron chi connectivity index (χ0n) is 11.6. The maximum atomic E-state index is 12.4. The Bertz CT molecular complexity index is 300. The van der Waals surface area contributed by atoms with Gasteiger partial charge in [0.2, 0.25) is 5.91 Å². The molecule has 3 unspecified atom stereocenters. The molecule has 1 heterocycles. The number of hydrogen-bond donors (Lipinski definition) is 2. The first-order chi connectivity index (χ1) is 8.52. The Kier molecular flexibility index (Phi) is 4.28. The van der Waals surface area contributed by atoms with Crippen LogP contribution in [-0.2, 0) is 9.53 Å². The largest absolute Gasteiger partial charge is 0.381 e. The van der Waals surface area contributed by atoms with Crippen molar-refractivity contribution in [3.8, 4) is 0 Å². The van der Waals surface area contributed by atoms with Crippen molar-refractivity contribution in [2.24, 2.45) is 17.6 Å². The molecule has 2 rings (SSSR count). The van der Waals surface area contributed by atoms with Crippen LogP contribution >= 0.6 is 0 Å². The van der Waals surface area contributed by atoms with E-state index in [0.717, 1.165) is 45.3 Å². The molecule has 104 valence electrons. The first-order valence-electron chi connectivity index (χ1n) is 7.17. The lowest BCUT2D eigenvalue weighted by Crippen LogP contribution is -2.55. The number of carbonyl (C=O) groups is 1. The van der Waals surface area contributed by atoms with Crippen LogP contribution < -0.4 is 11.1 Å². The lowest BCUT2D eigenvalue weighted by molar-refractivity contribution is -0.130. The van der Waals surface area contributed by atoms with Crippen molar-refractivity contribution in [1.29, 1.82) is 0 Å². The number of nitrogens with two attached hydrogens (primary N) is 1. The Hall–Kier alpha value is -0.610. The van der Waals surface area contributed by atoms with Crippen molar-refractivity contribution >= 4 is 5.91 Å². The van der Waals surface area contributed by atoms with E-state index in [1.807, 2.05) is 0 Å². The highest BCUT2D eigenvalue weighted by Gasteiger charge is 2.36. The quantitative estimate of drug-likeness (QED) is 0.783. The van der Waals surface area contributed by atoms with Gasteiger partial charge in [0.15, 0.2) is 0 Å². The Morgan fingerprint density at radius 1 is 1.33 bits per heavy atom. The van der Waals surface area contributed by atoms with E-state index in [2.05, 4.69) is 19.2 Å². The fourth-order valence-electron chi connectivity index (χ4n) is 3.08. The van der Waals surface area contributed by atoms with E-state index in [-0.39, 0.29) is 23.4 Å². The van der Waals surface area contributed by atoms with Gasteiger partial charge in [-0.3, -0.25) is 4.79 Å². The van der Waals surface area contributed by atoms with Crippen molar-refractivity contribution in [3.63, 3.8) is 0 Å². The zero-order valence-corrected chi connectivity index (χ0v) is 11.6. The molecule has 1 saturated heterocycles. The summed E-state index contributed by atoms with van der Waals surface area (Å²) in [7, 11) is 0. The van der Waals surface area contributed by atoms with Crippen LogP contribution in [0.4, 0.5) is 0 Å². The minimum absolute atomic E-state index is 0.00609. The molecular formula is C14H26N2O2. The molecule has 0 radical (unpaired) electrons. The number of carbonyl (C=O) groups excluding carboxylic acids is 1. The average Bonchev–Trinajstić information content (AvgIpc) is 2.33. The molecular weight excluding hydrogens is 228 g/mol. The summed E-state index contributed by atoms with van der Waals surface area (Å²) >= 11 is 0. The van der Waals surface area contributed by atoms with E-state index < -0.39 is 0 Å². The van der Waals surface area contributed by atoms with Crippen LogP contribution in [0, 0.1) is 11.8 Å². The molecule has 4 heteroatoms. The fraction of sp³-hybridized carbons (Fsp3) is 0.929. The first-order valence-corrected chi connectivity index (χ1v) is 7.17. The molecule has 1 aliphatic heterocycles. The minimum atomic E-state index is -0.101. The predicted molar refractivity (Wildman–Crippen MR) is 71.1 cm³/mol. The summed E-state index contributed by atoms with van der Waals surface area (Å²) in [5.41, 5.74) is 6.08. The monoisotopic (exact) mass is 254 g/mol. The van der Waals surface area contributed by atoms with E-state index in [1.54, 1.807) is 0 Å². The van der Waals surface area contributed by atoms with Gasteiger partial charge < -0.3 is 15.8 Å². The summed E-state index contributed by atoms with van der Waals surface area (Å²) in [6, 6.07) is 0.0159. The highest BCUT2D eigenvalue weighted by atomic mass is 16.5. The van der Waals surface area contributed by atoms with Crippen molar-refractivity contribution in [2.75, 3.05) is 13.2 Å². The van der Waals surface area contributed by atoms with Crippen molar-refractivity contribution in [3.05, 3.63) is 0 Å². The van der Waals surface area contributed by atoms with E-state index in [1.165, 1.54) is 0 Å². The number of ether oxygens (including phenoxy) is 1. The molecule has 0 bridgehead atoms. The SMILES string of the molecule is CC1CCCC(C(=O)NC2(C)CCOCC2)C1N. The molecule has 3 N–H and O–H groups in total. The lowest BCUT2D eigenvalue weighted by atomic mass is 9.77. The maximum absolute atomic E-state index is 12.4. The van der Waals surface area contributed by atoms with E-state index in [9.17, 15) is 4.79 Å². The molecule has 3 atom stereocenters. The standard InChI is InChI=1S/C14H26N2O2/c1-10-4-3-5-11(12(10)15)13(17)16-14(2)6-8-18-9-7-14/h10-12H,3-9,15H2,1-2H3,(H,16,17). The van der Waals surface area contributed by atoms with Crippen LogP contribution in [0.15, 0.2) is 0 Å². The predicted octanol–water partition coefficient (Wildman–Crippen LogP) is 1.44. The van der Waals surface area contributed by atoms with Crippen molar-refractivity contribution in [2.45, 2.75) is 57.5 Å². The molecule has 0 aromatic rings. The molecule has 0 aromatic heterocycles. The van der Waals surface area contributed by atoms with Gasteiger partial charge in [-0.05, 0) is 38.5 Å². The third-order valence-corrected chi connectivity index (χ3v) is 4.65. The highest BCUT2D eigenvalue weighted by molar-refractivity contribution is 5.80. The van der Waals surface area contributed by atoms with Crippen LogP contribution in [0.3, 0.4) is 0 Å². The van der Waals surface area contributed by atoms with Gasteiger partial charge in [-0.15, -0.1) is 0 Å². The molecule has 4 nitrogen and oxygen atoms in total. The molecule has 1 aliphatic carbocycles. The zero-order chi connectivity index (χ0) is 13.2. The topological polar surface area (TPSA) is 64.3 Å². The summed E-state index contributed by atoms with van der Waals surface area (Å²) in [6.07, 6.45) is 5.00. The Balaban J connectivity index is 1.94. The van der Waals surface area contributed by atoms with Crippen LogP contribution in [0.25, 0.3) is 0 Å². The first kappa shape index (κ1) is 13.8. The molecule has 0 aromatic carbocycles. The van der Waals surface area contributed by atoms with Crippen LogP contribution in [0.2, 0.25) is 0 Å².